The molecular weight excluding hydrogens is 501 g/mol. The lowest BCUT2D eigenvalue weighted by molar-refractivity contribution is 0.103. The van der Waals surface area contributed by atoms with E-state index in [1.807, 2.05) is 24.3 Å². The molecule has 4 aromatic rings. The third-order valence-corrected chi connectivity index (χ3v) is 8.36. The van der Waals surface area contributed by atoms with Crippen molar-refractivity contribution in [2.45, 2.75) is 33.6 Å². The molecule has 0 unspecified atom stereocenters. The second-order valence-electron chi connectivity index (χ2n) is 9.97. The molecule has 1 aromatic heterocycles. The van der Waals surface area contributed by atoms with Gasteiger partial charge in [0, 0.05) is 28.7 Å². The Labute approximate surface area is 226 Å². The summed E-state index contributed by atoms with van der Waals surface area (Å²) in [5, 5.41) is 10.7. The van der Waals surface area contributed by atoms with E-state index in [9.17, 15) is 14.3 Å². The van der Waals surface area contributed by atoms with E-state index in [2.05, 4.69) is 11.8 Å². The Kier molecular flexibility index (Phi) is 7.68. The van der Waals surface area contributed by atoms with E-state index in [1.54, 1.807) is 32.0 Å². The zero-order valence-electron chi connectivity index (χ0n) is 21.9. The summed E-state index contributed by atoms with van der Waals surface area (Å²) in [6.45, 7) is 9.54. The number of phenols is 1. The number of likely N-dealkylation sites (tertiary alicyclic amines) is 1. The summed E-state index contributed by atoms with van der Waals surface area (Å²) < 4.78 is 26.9. The molecule has 2 heterocycles. The van der Waals surface area contributed by atoms with E-state index in [-0.39, 0.29) is 17.3 Å². The van der Waals surface area contributed by atoms with Crippen molar-refractivity contribution < 1.29 is 23.8 Å². The minimum Gasteiger partial charge on any atom is -0.508 e. The number of carbonyl (C=O) groups excluding carboxylic acids is 1. The highest BCUT2D eigenvalue weighted by atomic mass is 32.1. The quantitative estimate of drug-likeness (QED) is 0.226. The van der Waals surface area contributed by atoms with Gasteiger partial charge in [0.15, 0.2) is 5.75 Å². The first-order chi connectivity index (χ1) is 18.3. The van der Waals surface area contributed by atoms with E-state index in [0.29, 0.717) is 39.7 Å². The predicted molar refractivity (Wildman–Crippen MR) is 150 cm³/mol. The first-order valence-electron chi connectivity index (χ1n) is 13.0. The molecule has 0 bridgehead atoms. The van der Waals surface area contributed by atoms with Crippen LogP contribution in [0.5, 0.6) is 23.0 Å². The zero-order valence-corrected chi connectivity index (χ0v) is 22.7. The Balaban J connectivity index is 1.36. The number of ketones is 1. The standard InChI is InChI=1S/C31H32FNO4S/c1-4-21-11-12-33(18-21)13-14-36-24-6-8-25(9-7-24)37-30-26-10-5-23(34)17-27(26)38-31(30)29(35)28-19(2)15-22(32)16-20(28)3/h5-10,15-17,21,34H,4,11-14,18H2,1-3H3/t21-/m0/s1. The molecule has 7 heteroatoms. The molecule has 0 amide bonds. The van der Waals surface area contributed by atoms with Crippen molar-refractivity contribution in [1.29, 1.82) is 0 Å². The summed E-state index contributed by atoms with van der Waals surface area (Å²) in [7, 11) is 0. The highest BCUT2D eigenvalue weighted by Crippen LogP contribution is 2.43. The van der Waals surface area contributed by atoms with Crippen LogP contribution in [-0.2, 0) is 0 Å². The Morgan fingerprint density at radius 1 is 1.08 bits per heavy atom. The third-order valence-electron chi connectivity index (χ3n) is 7.23. The van der Waals surface area contributed by atoms with Crippen LogP contribution in [0.1, 0.15) is 46.1 Å². The zero-order chi connectivity index (χ0) is 26.8. The highest BCUT2D eigenvalue weighted by Gasteiger charge is 2.25. The summed E-state index contributed by atoms with van der Waals surface area (Å²) in [6.07, 6.45) is 2.50. The SMILES string of the molecule is CC[C@H]1CCN(CCOc2ccc(Oc3c(C(=O)c4c(C)cc(F)cc4C)sc4cc(O)ccc34)cc2)C1. The van der Waals surface area contributed by atoms with E-state index < -0.39 is 0 Å². The number of ether oxygens (including phenoxy) is 2. The van der Waals surface area contributed by atoms with Gasteiger partial charge in [-0.25, -0.2) is 4.39 Å². The van der Waals surface area contributed by atoms with E-state index in [4.69, 9.17) is 9.47 Å². The topological polar surface area (TPSA) is 59.0 Å². The van der Waals surface area contributed by atoms with Crippen LogP contribution in [-0.4, -0.2) is 42.0 Å². The molecule has 198 valence electrons. The lowest BCUT2D eigenvalue weighted by atomic mass is 9.97. The number of carbonyl (C=O) groups is 1. The molecule has 1 saturated heterocycles. The predicted octanol–water partition coefficient (Wildman–Crippen LogP) is 7.50. The second-order valence-corrected chi connectivity index (χ2v) is 11.0. The highest BCUT2D eigenvalue weighted by molar-refractivity contribution is 7.21. The van der Waals surface area contributed by atoms with Crippen LogP contribution in [0.25, 0.3) is 10.1 Å². The Hall–Kier alpha value is -3.42. The van der Waals surface area contributed by atoms with Gasteiger partial charge in [0.2, 0.25) is 5.78 Å². The van der Waals surface area contributed by atoms with Crippen molar-refractivity contribution in [3.05, 3.63) is 82.0 Å². The van der Waals surface area contributed by atoms with Gasteiger partial charge in [-0.15, -0.1) is 11.3 Å². The fraction of sp³-hybridized carbons (Fsp3) is 0.323. The molecule has 3 aromatic carbocycles. The van der Waals surface area contributed by atoms with E-state index >= 15 is 0 Å². The van der Waals surface area contributed by atoms with Crippen molar-refractivity contribution >= 4 is 27.2 Å². The van der Waals surface area contributed by atoms with Crippen LogP contribution in [0.4, 0.5) is 4.39 Å². The largest absolute Gasteiger partial charge is 0.508 e. The number of fused-ring (bicyclic) bond motifs is 1. The molecule has 0 spiro atoms. The summed E-state index contributed by atoms with van der Waals surface area (Å²) in [6, 6.07) is 15.1. The fourth-order valence-electron chi connectivity index (χ4n) is 5.16. The van der Waals surface area contributed by atoms with Crippen molar-refractivity contribution in [2.75, 3.05) is 26.2 Å². The number of halogens is 1. The molecule has 5 rings (SSSR count). The molecule has 0 aliphatic carbocycles. The lowest BCUT2D eigenvalue weighted by Crippen LogP contribution is -2.26. The Morgan fingerprint density at radius 3 is 2.47 bits per heavy atom. The van der Waals surface area contributed by atoms with Crippen LogP contribution >= 0.6 is 11.3 Å². The van der Waals surface area contributed by atoms with Crippen molar-refractivity contribution in [2.24, 2.45) is 5.92 Å². The normalized spacial score (nSPS) is 15.7. The van der Waals surface area contributed by atoms with Crippen LogP contribution in [0.2, 0.25) is 0 Å². The molecule has 1 atom stereocenters. The van der Waals surface area contributed by atoms with Crippen molar-refractivity contribution in [3.63, 3.8) is 0 Å². The minimum atomic E-state index is -0.373. The molecule has 1 aliphatic rings. The number of hydrogen-bond acceptors (Lipinski definition) is 6. The molecule has 0 saturated carbocycles. The maximum Gasteiger partial charge on any atom is 0.207 e. The van der Waals surface area contributed by atoms with Gasteiger partial charge in [-0.2, -0.15) is 0 Å². The molecule has 1 N–H and O–H groups in total. The number of benzene rings is 3. The number of aryl methyl sites for hydroxylation is 2. The summed E-state index contributed by atoms with van der Waals surface area (Å²) >= 11 is 1.25. The minimum absolute atomic E-state index is 0.110. The Morgan fingerprint density at radius 2 is 1.79 bits per heavy atom. The number of phenolic OH excluding ortho intramolecular Hbond substituents is 1. The van der Waals surface area contributed by atoms with Crippen molar-refractivity contribution in [1.82, 2.24) is 4.90 Å². The van der Waals surface area contributed by atoms with Crippen LogP contribution in [0.15, 0.2) is 54.6 Å². The number of aromatic hydroxyl groups is 1. The fourth-order valence-corrected chi connectivity index (χ4v) is 6.27. The molecule has 5 nitrogen and oxygen atoms in total. The smallest absolute Gasteiger partial charge is 0.207 e. The first-order valence-corrected chi connectivity index (χ1v) is 13.8. The monoisotopic (exact) mass is 533 g/mol. The second kappa shape index (κ2) is 11.1. The third kappa shape index (κ3) is 5.54. The van der Waals surface area contributed by atoms with E-state index in [1.165, 1.54) is 36.3 Å². The molecule has 38 heavy (non-hydrogen) atoms. The molecule has 1 fully saturated rings. The Bertz CT molecular complexity index is 1440. The van der Waals surface area contributed by atoms with Gasteiger partial charge in [-0.1, -0.05) is 13.3 Å². The molecule has 0 radical (unpaired) electrons. The average Bonchev–Trinajstić information content (AvgIpc) is 3.48. The molecule has 1 aliphatic heterocycles. The van der Waals surface area contributed by atoms with Gasteiger partial charge >= 0.3 is 0 Å². The summed E-state index contributed by atoms with van der Waals surface area (Å²) in [5.74, 6) is 2.06. The number of hydrogen-bond donors (Lipinski definition) is 1. The van der Waals surface area contributed by atoms with Crippen molar-refractivity contribution in [3.8, 4) is 23.0 Å². The van der Waals surface area contributed by atoms with Gasteiger partial charge in [0.1, 0.15) is 34.5 Å². The summed E-state index contributed by atoms with van der Waals surface area (Å²) in [5.41, 5.74) is 1.60. The van der Waals surface area contributed by atoms with Gasteiger partial charge in [0.25, 0.3) is 0 Å². The summed E-state index contributed by atoms with van der Waals surface area (Å²) in [4.78, 5) is 16.6. The maximum absolute atomic E-state index is 13.9. The van der Waals surface area contributed by atoms with Gasteiger partial charge in [-0.3, -0.25) is 9.69 Å². The van der Waals surface area contributed by atoms with Gasteiger partial charge < -0.3 is 14.6 Å². The lowest BCUT2D eigenvalue weighted by Gasteiger charge is -2.16. The van der Waals surface area contributed by atoms with Crippen LogP contribution in [0, 0.1) is 25.6 Å². The number of thiophene rings is 1. The molecular formula is C31H32FNO4S. The number of nitrogens with zero attached hydrogens (tertiary/aromatic N) is 1. The van der Waals surface area contributed by atoms with E-state index in [0.717, 1.165) is 41.4 Å². The van der Waals surface area contributed by atoms with Crippen LogP contribution in [0.3, 0.4) is 0 Å². The average molecular weight is 534 g/mol. The van der Waals surface area contributed by atoms with Crippen LogP contribution < -0.4 is 9.47 Å². The van der Waals surface area contributed by atoms with Gasteiger partial charge in [0.05, 0.1) is 0 Å². The number of rotatable bonds is 9. The maximum atomic E-state index is 13.9. The van der Waals surface area contributed by atoms with Gasteiger partial charge in [-0.05, 0) is 98.5 Å². The first kappa shape index (κ1) is 26.2.